The summed E-state index contributed by atoms with van der Waals surface area (Å²) in [4.78, 5) is -0.0641. The number of hydrogen-bond acceptors (Lipinski definition) is 6. The van der Waals surface area contributed by atoms with Gasteiger partial charge in [0, 0.05) is 25.7 Å². The Morgan fingerprint density at radius 2 is 1.75 bits per heavy atom. The number of rotatable bonds is 10. The Labute approximate surface area is 143 Å². The van der Waals surface area contributed by atoms with E-state index in [9.17, 15) is 16.8 Å². The molecule has 138 valence electrons. The number of nitrogens with one attached hydrogen (secondary N) is 1. The molecule has 0 spiro atoms. The van der Waals surface area contributed by atoms with Crippen LogP contribution < -0.4 is 14.2 Å². The van der Waals surface area contributed by atoms with Crippen LogP contribution in [0.3, 0.4) is 0 Å². The highest BCUT2D eigenvalue weighted by Gasteiger charge is 2.22. The van der Waals surface area contributed by atoms with Gasteiger partial charge in [-0.3, -0.25) is 0 Å². The average Bonchev–Trinajstić information content (AvgIpc) is 2.52. The molecule has 10 heteroatoms. The summed E-state index contributed by atoms with van der Waals surface area (Å²) in [7, 11) is -4.45. The summed E-state index contributed by atoms with van der Waals surface area (Å²) < 4.78 is 61.9. The lowest BCUT2D eigenvalue weighted by Gasteiger charge is -2.19. The second-order valence-electron chi connectivity index (χ2n) is 5.08. The van der Waals surface area contributed by atoms with E-state index < -0.39 is 20.0 Å². The number of benzene rings is 1. The van der Waals surface area contributed by atoms with E-state index in [0.717, 1.165) is 6.26 Å². The van der Waals surface area contributed by atoms with Crippen LogP contribution in [0, 0.1) is 0 Å². The Hall–Kier alpha value is -1.36. The summed E-state index contributed by atoms with van der Waals surface area (Å²) in [6.07, 6.45) is 1.74. The summed E-state index contributed by atoms with van der Waals surface area (Å²) in [5.74, 6) is 0.553. The first-order valence-corrected chi connectivity index (χ1v) is 10.7. The van der Waals surface area contributed by atoms with Gasteiger partial charge in [-0.1, -0.05) is 6.92 Å². The van der Waals surface area contributed by atoms with Crippen LogP contribution in [0.25, 0.3) is 0 Å². The summed E-state index contributed by atoms with van der Waals surface area (Å²) in [6, 6.07) is 4.43. The van der Waals surface area contributed by atoms with E-state index in [0.29, 0.717) is 18.7 Å². The van der Waals surface area contributed by atoms with Gasteiger partial charge >= 0.3 is 0 Å². The van der Waals surface area contributed by atoms with Crippen molar-refractivity contribution in [1.82, 2.24) is 9.03 Å². The topological polar surface area (TPSA) is 102 Å². The lowest BCUT2D eigenvalue weighted by Crippen LogP contribution is -2.38. The molecule has 0 aliphatic heterocycles. The Kier molecular flexibility index (Phi) is 7.46. The predicted octanol–water partition coefficient (Wildman–Crippen LogP) is 0.654. The standard InChI is InChI=1S/C14H24N2O6S2/c1-5-9-16(23(4,17)18)10-8-15-24(19,20)14-11-12(21-2)6-7-13(14)22-3/h6-7,11,15H,5,8-10H2,1-4H3. The fraction of sp³-hybridized carbons (Fsp3) is 0.571. The molecule has 0 aliphatic carbocycles. The second-order valence-corrected chi connectivity index (χ2v) is 8.79. The van der Waals surface area contributed by atoms with Gasteiger partial charge in [0.1, 0.15) is 16.4 Å². The number of nitrogens with zero attached hydrogens (tertiary/aromatic N) is 1. The molecule has 0 unspecified atom stereocenters. The zero-order valence-electron chi connectivity index (χ0n) is 14.3. The highest BCUT2D eigenvalue weighted by molar-refractivity contribution is 7.89. The van der Waals surface area contributed by atoms with Gasteiger partial charge in [0.25, 0.3) is 0 Å². The summed E-state index contributed by atoms with van der Waals surface area (Å²) in [5.41, 5.74) is 0. The molecule has 1 aromatic rings. The molecule has 0 amide bonds. The molecule has 0 saturated carbocycles. The molecule has 1 aromatic carbocycles. The van der Waals surface area contributed by atoms with Gasteiger partial charge in [0.15, 0.2) is 0 Å². The van der Waals surface area contributed by atoms with Crippen LogP contribution in [0.5, 0.6) is 11.5 Å². The van der Waals surface area contributed by atoms with Gasteiger partial charge in [-0.25, -0.2) is 25.9 Å². The van der Waals surface area contributed by atoms with Crippen LogP contribution in [-0.4, -0.2) is 61.3 Å². The largest absolute Gasteiger partial charge is 0.497 e. The second kappa shape index (κ2) is 8.65. The van der Waals surface area contributed by atoms with Crippen molar-refractivity contribution in [3.8, 4) is 11.5 Å². The maximum atomic E-state index is 12.5. The highest BCUT2D eigenvalue weighted by Crippen LogP contribution is 2.27. The SMILES string of the molecule is CCCN(CCNS(=O)(=O)c1cc(OC)ccc1OC)S(C)(=O)=O. The molecule has 1 N–H and O–H groups in total. The van der Waals surface area contributed by atoms with Gasteiger partial charge in [-0.15, -0.1) is 0 Å². The first-order chi connectivity index (χ1) is 11.2. The first kappa shape index (κ1) is 20.7. The highest BCUT2D eigenvalue weighted by atomic mass is 32.2. The zero-order valence-corrected chi connectivity index (χ0v) is 15.9. The molecule has 0 saturated heterocycles. The van der Waals surface area contributed by atoms with E-state index >= 15 is 0 Å². The van der Waals surface area contributed by atoms with Crippen molar-refractivity contribution >= 4 is 20.0 Å². The Morgan fingerprint density at radius 3 is 2.25 bits per heavy atom. The van der Waals surface area contributed by atoms with Crippen molar-refractivity contribution < 1.29 is 26.3 Å². The minimum Gasteiger partial charge on any atom is -0.497 e. The van der Waals surface area contributed by atoms with E-state index in [1.54, 1.807) is 6.07 Å². The lowest BCUT2D eigenvalue weighted by molar-refractivity contribution is 0.391. The van der Waals surface area contributed by atoms with Crippen molar-refractivity contribution in [1.29, 1.82) is 0 Å². The molecule has 0 aromatic heterocycles. The van der Waals surface area contributed by atoms with Crippen LogP contribution in [0.1, 0.15) is 13.3 Å². The van der Waals surface area contributed by atoms with Gasteiger partial charge in [-0.05, 0) is 18.6 Å². The van der Waals surface area contributed by atoms with Crippen molar-refractivity contribution in [3.05, 3.63) is 18.2 Å². The molecule has 0 bridgehead atoms. The summed E-state index contributed by atoms with van der Waals surface area (Å²) >= 11 is 0. The normalized spacial score (nSPS) is 12.4. The van der Waals surface area contributed by atoms with Gasteiger partial charge in [-0.2, -0.15) is 0 Å². The average molecular weight is 380 g/mol. The van der Waals surface area contributed by atoms with Crippen LogP contribution in [0.4, 0.5) is 0 Å². The van der Waals surface area contributed by atoms with Crippen molar-refractivity contribution in [3.63, 3.8) is 0 Å². The minimum atomic E-state index is -3.87. The number of hydrogen-bond donors (Lipinski definition) is 1. The Morgan fingerprint density at radius 1 is 1.08 bits per heavy atom. The third-order valence-corrected chi connectivity index (χ3v) is 6.04. The van der Waals surface area contributed by atoms with E-state index in [1.165, 1.54) is 30.7 Å². The molecule has 24 heavy (non-hydrogen) atoms. The molecule has 0 radical (unpaired) electrons. The van der Waals surface area contributed by atoms with E-state index in [-0.39, 0.29) is 23.7 Å². The molecular weight excluding hydrogens is 356 g/mol. The van der Waals surface area contributed by atoms with Crippen LogP contribution >= 0.6 is 0 Å². The van der Waals surface area contributed by atoms with Gasteiger partial charge in [0.05, 0.1) is 20.5 Å². The summed E-state index contributed by atoms with van der Waals surface area (Å²) in [5, 5.41) is 0. The first-order valence-electron chi connectivity index (χ1n) is 7.32. The summed E-state index contributed by atoms with van der Waals surface area (Å²) in [6.45, 7) is 2.19. The van der Waals surface area contributed by atoms with E-state index in [4.69, 9.17) is 9.47 Å². The van der Waals surface area contributed by atoms with Crippen molar-refractivity contribution in [2.24, 2.45) is 0 Å². The fourth-order valence-corrected chi connectivity index (χ4v) is 4.21. The molecule has 0 heterocycles. The smallest absolute Gasteiger partial charge is 0.244 e. The van der Waals surface area contributed by atoms with Crippen LogP contribution in [0.15, 0.2) is 23.1 Å². The maximum Gasteiger partial charge on any atom is 0.244 e. The fourth-order valence-electron chi connectivity index (χ4n) is 2.07. The van der Waals surface area contributed by atoms with Crippen molar-refractivity contribution in [2.45, 2.75) is 18.2 Å². The quantitative estimate of drug-likeness (QED) is 0.640. The number of sulfonamides is 2. The third-order valence-electron chi connectivity index (χ3n) is 3.26. The Balaban J connectivity index is 2.91. The van der Waals surface area contributed by atoms with Crippen LogP contribution in [-0.2, 0) is 20.0 Å². The number of methoxy groups -OCH3 is 2. The third kappa shape index (κ3) is 5.62. The molecule has 8 nitrogen and oxygen atoms in total. The van der Waals surface area contributed by atoms with Gasteiger partial charge < -0.3 is 9.47 Å². The molecule has 0 fully saturated rings. The molecule has 0 atom stereocenters. The van der Waals surface area contributed by atoms with E-state index in [2.05, 4.69) is 4.72 Å². The number of ether oxygens (including phenoxy) is 2. The molecule has 1 rings (SSSR count). The predicted molar refractivity (Wildman–Crippen MR) is 91.4 cm³/mol. The lowest BCUT2D eigenvalue weighted by atomic mass is 10.3. The van der Waals surface area contributed by atoms with E-state index in [1.807, 2.05) is 6.92 Å². The maximum absolute atomic E-state index is 12.5. The van der Waals surface area contributed by atoms with Crippen LogP contribution in [0.2, 0.25) is 0 Å². The molecular formula is C14H24N2O6S2. The Bertz CT molecular complexity index is 747. The molecule has 0 aliphatic rings. The van der Waals surface area contributed by atoms with Crippen molar-refractivity contribution in [2.75, 3.05) is 40.1 Å². The van der Waals surface area contributed by atoms with Gasteiger partial charge in [0.2, 0.25) is 20.0 Å². The zero-order chi connectivity index (χ0) is 18.4. The minimum absolute atomic E-state index is 0.0459. The monoisotopic (exact) mass is 380 g/mol.